The number of methoxy groups -OCH3 is 1. The first-order valence-electron chi connectivity index (χ1n) is 6.12. The molecule has 0 unspecified atom stereocenters. The molecule has 0 saturated heterocycles. The number of hydrogen-bond donors (Lipinski definition) is 1. The highest BCUT2D eigenvalue weighted by Gasteiger charge is 2.13. The maximum atomic E-state index is 12.0. The molecule has 1 amide bonds. The van der Waals surface area contributed by atoms with Gasteiger partial charge in [-0.2, -0.15) is 0 Å². The quantitative estimate of drug-likeness (QED) is 0.880. The molecule has 1 aromatic carbocycles. The highest BCUT2D eigenvalue weighted by Crippen LogP contribution is 2.20. The van der Waals surface area contributed by atoms with Gasteiger partial charge in [-0.3, -0.25) is 4.79 Å². The van der Waals surface area contributed by atoms with E-state index in [1.807, 2.05) is 17.5 Å². The maximum absolute atomic E-state index is 12.0. The van der Waals surface area contributed by atoms with Crippen LogP contribution in [0.1, 0.15) is 20.8 Å². The average molecular weight is 289 g/mol. The fourth-order valence-electron chi connectivity index (χ4n) is 1.87. The van der Waals surface area contributed by atoms with Crippen molar-refractivity contribution in [3.8, 4) is 0 Å². The smallest absolute Gasteiger partial charge is 0.338 e. The minimum Gasteiger partial charge on any atom is -0.465 e. The number of esters is 1. The van der Waals surface area contributed by atoms with E-state index in [1.165, 1.54) is 7.11 Å². The number of thiophene rings is 1. The zero-order valence-corrected chi connectivity index (χ0v) is 12.1. The molecule has 0 aliphatic rings. The number of rotatable bonds is 4. The fraction of sp³-hybridized carbons (Fsp3) is 0.200. The van der Waals surface area contributed by atoms with Crippen LogP contribution in [0.3, 0.4) is 0 Å². The van der Waals surface area contributed by atoms with Crippen LogP contribution in [0.4, 0.5) is 5.69 Å². The molecule has 2 rings (SSSR count). The first-order chi connectivity index (χ1) is 9.61. The van der Waals surface area contributed by atoms with Crippen LogP contribution in [0.5, 0.6) is 0 Å². The van der Waals surface area contributed by atoms with Crippen LogP contribution in [0, 0.1) is 6.92 Å². The third-order valence-corrected chi connectivity index (χ3v) is 3.80. The van der Waals surface area contributed by atoms with Gasteiger partial charge < -0.3 is 10.1 Å². The minimum absolute atomic E-state index is 0.0995. The Morgan fingerprint density at radius 3 is 2.70 bits per heavy atom. The van der Waals surface area contributed by atoms with E-state index in [2.05, 4.69) is 5.32 Å². The van der Waals surface area contributed by atoms with Gasteiger partial charge in [0.1, 0.15) is 0 Å². The normalized spacial score (nSPS) is 10.1. The predicted molar refractivity (Wildman–Crippen MR) is 79.2 cm³/mol. The van der Waals surface area contributed by atoms with Gasteiger partial charge in [0.2, 0.25) is 5.91 Å². The van der Waals surface area contributed by atoms with E-state index in [9.17, 15) is 9.59 Å². The molecule has 0 atom stereocenters. The topological polar surface area (TPSA) is 55.4 Å². The summed E-state index contributed by atoms with van der Waals surface area (Å²) in [7, 11) is 1.34. The summed E-state index contributed by atoms with van der Waals surface area (Å²) in [5.74, 6) is -0.505. The summed E-state index contributed by atoms with van der Waals surface area (Å²) in [6.45, 7) is 1.78. The molecule has 0 aliphatic carbocycles. The van der Waals surface area contributed by atoms with E-state index in [0.717, 1.165) is 4.88 Å². The van der Waals surface area contributed by atoms with Gasteiger partial charge in [-0.15, -0.1) is 11.3 Å². The van der Waals surface area contributed by atoms with Crippen LogP contribution in [-0.4, -0.2) is 19.0 Å². The van der Waals surface area contributed by atoms with Gasteiger partial charge in [-0.25, -0.2) is 4.79 Å². The van der Waals surface area contributed by atoms with E-state index in [0.29, 0.717) is 23.2 Å². The molecule has 1 heterocycles. The van der Waals surface area contributed by atoms with Crippen molar-refractivity contribution >= 4 is 28.9 Å². The number of carbonyl (C=O) groups is 2. The number of nitrogens with one attached hydrogen (secondary N) is 1. The van der Waals surface area contributed by atoms with Crippen LogP contribution in [0.25, 0.3) is 0 Å². The second kappa shape index (κ2) is 6.34. The van der Waals surface area contributed by atoms with Crippen LogP contribution >= 0.6 is 11.3 Å². The Balaban J connectivity index is 2.13. The maximum Gasteiger partial charge on any atom is 0.338 e. The lowest BCUT2D eigenvalue weighted by Crippen LogP contribution is -2.15. The summed E-state index contributed by atoms with van der Waals surface area (Å²) in [5, 5.41) is 4.76. The van der Waals surface area contributed by atoms with Gasteiger partial charge >= 0.3 is 5.97 Å². The minimum atomic E-state index is -0.406. The molecular formula is C15H15NO3S. The molecular weight excluding hydrogens is 274 g/mol. The molecule has 0 saturated carbocycles. The molecule has 0 aliphatic heterocycles. The first-order valence-corrected chi connectivity index (χ1v) is 7.00. The Kier molecular flexibility index (Phi) is 4.53. The summed E-state index contributed by atoms with van der Waals surface area (Å²) < 4.78 is 4.71. The number of amides is 1. The van der Waals surface area contributed by atoms with Gasteiger partial charge in [0.25, 0.3) is 0 Å². The summed E-state index contributed by atoms with van der Waals surface area (Å²) in [5.41, 5.74) is 1.80. The zero-order chi connectivity index (χ0) is 14.5. The molecule has 20 heavy (non-hydrogen) atoms. The van der Waals surface area contributed by atoms with E-state index in [1.54, 1.807) is 36.5 Å². The second-order valence-corrected chi connectivity index (χ2v) is 5.31. The molecule has 0 radical (unpaired) electrons. The molecule has 1 N–H and O–H groups in total. The van der Waals surface area contributed by atoms with E-state index in [4.69, 9.17) is 4.74 Å². The van der Waals surface area contributed by atoms with Crippen molar-refractivity contribution < 1.29 is 14.3 Å². The highest BCUT2D eigenvalue weighted by atomic mass is 32.1. The predicted octanol–water partition coefficient (Wildman–Crippen LogP) is 3.02. The lowest BCUT2D eigenvalue weighted by molar-refractivity contribution is -0.115. The van der Waals surface area contributed by atoms with Gasteiger partial charge in [0.05, 0.1) is 19.1 Å². The first kappa shape index (κ1) is 14.3. The molecule has 0 fully saturated rings. The van der Waals surface area contributed by atoms with Gasteiger partial charge in [-0.05, 0) is 36.1 Å². The summed E-state index contributed by atoms with van der Waals surface area (Å²) in [6.07, 6.45) is 0.333. The fourth-order valence-corrected chi connectivity index (χ4v) is 2.57. The van der Waals surface area contributed by atoms with Crippen molar-refractivity contribution in [2.45, 2.75) is 13.3 Å². The van der Waals surface area contributed by atoms with E-state index >= 15 is 0 Å². The number of benzene rings is 1. The number of hydrogen-bond acceptors (Lipinski definition) is 4. The second-order valence-electron chi connectivity index (χ2n) is 4.27. The van der Waals surface area contributed by atoms with Crippen molar-refractivity contribution in [3.63, 3.8) is 0 Å². The Bertz CT molecular complexity index is 620. The van der Waals surface area contributed by atoms with Crippen molar-refractivity contribution in [2.24, 2.45) is 0 Å². The molecule has 0 bridgehead atoms. The van der Waals surface area contributed by atoms with Crippen molar-refractivity contribution in [1.29, 1.82) is 0 Å². The lowest BCUT2D eigenvalue weighted by atomic mass is 10.1. The lowest BCUT2D eigenvalue weighted by Gasteiger charge is -2.11. The SMILES string of the molecule is COC(=O)c1cccc(NC(=O)Cc2cccs2)c1C. The van der Waals surface area contributed by atoms with Crippen LogP contribution in [0.15, 0.2) is 35.7 Å². The summed E-state index contributed by atoms with van der Waals surface area (Å²) >= 11 is 1.54. The summed E-state index contributed by atoms with van der Waals surface area (Å²) in [4.78, 5) is 24.6. The number of ether oxygens (including phenoxy) is 1. The Labute approximate surface area is 121 Å². The molecule has 104 valence electrons. The molecule has 2 aromatic rings. The van der Waals surface area contributed by atoms with Gasteiger partial charge in [-0.1, -0.05) is 12.1 Å². The van der Waals surface area contributed by atoms with Gasteiger partial charge in [0.15, 0.2) is 0 Å². The molecule has 5 heteroatoms. The Morgan fingerprint density at radius 2 is 2.05 bits per heavy atom. The summed E-state index contributed by atoms with van der Waals surface area (Å²) in [6, 6.07) is 9.00. The molecule has 4 nitrogen and oxygen atoms in total. The van der Waals surface area contributed by atoms with E-state index in [-0.39, 0.29) is 5.91 Å². The zero-order valence-electron chi connectivity index (χ0n) is 11.3. The average Bonchev–Trinajstić information content (AvgIpc) is 2.93. The Morgan fingerprint density at radius 1 is 1.25 bits per heavy atom. The van der Waals surface area contributed by atoms with Crippen LogP contribution in [0.2, 0.25) is 0 Å². The largest absolute Gasteiger partial charge is 0.465 e. The standard InChI is InChI=1S/C15H15NO3S/c1-10-12(15(18)19-2)6-3-7-13(10)16-14(17)9-11-5-4-8-20-11/h3-8H,9H2,1-2H3,(H,16,17). The third kappa shape index (κ3) is 3.24. The monoisotopic (exact) mass is 289 g/mol. The molecule has 0 spiro atoms. The van der Waals surface area contributed by atoms with Crippen molar-refractivity contribution in [3.05, 3.63) is 51.7 Å². The van der Waals surface area contributed by atoms with Crippen LogP contribution < -0.4 is 5.32 Å². The number of carbonyl (C=O) groups excluding carboxylic acids is 2. The number of anilines is 1. The highest BCUT2D eigenvalue weighted by molar-refractivity contribution is 7.10. The van der Waals surface area contributed by atoms with Gasteiger partial charge in [0, 0.05) is 10.6 Å². The van der Waals surface area contributed by atoms with Crippen LogP contribution in [-0.2, 0) is 16.0 Å². The van der Waals surface area contributed by atoms with Crippen molar-refractivity contribution in [2.75, 3.05) is 12.4 Å². The molecule has 1 aromatic heterocycles. The van der Waals surface area contributed by atoms with E-state index < -0.39 is 5.97 Å². The third-order valence-electron chi connectivity index (χ3n) is 2.93. The van der Waals surface area contributed by atoms with Crippen molar-refractivity contribution in [1.82, 2.24) is 0 Å². The Hall–Kier alpha value is -2.14.